The maximum atomic E-state index is 13.3. The van der Waals surface area contributed by atoms with E-state index in [0.717, 1.165) is 0 Å². The molecule has 2 aromatic rings. The predicted molar refractivity (Wildman–Crippen MR) is 119 cm³/mol. The average Bonchev–Trinajstić information content (AvgIpc) is 3.21. The highest BCUT2D eigenvalue weighted by Gasteiger charge is 2.39. The molecule has 0 aromatic heterocycles. The van der Waals surface area contributed by atoms with Crippen LogP contribution in [0.5, 0.6) is 0 Å². The van der Waals surface area contributed by atoms with E-state index in [1.165, 1.54) is 22.5 Å². The minimum Gasteiger partial charge on any atom is -0.396 e. The fourth-order valence-corrected chi connectivity index (χ4v) is 5.86. The van der Waals surface area contributed by atoms with Gasteiger partial charge in [-0.15, -0.1) is 0 Å². The van der Waals surface area contributed by atoms with E-state index in [-0.39, 0.29) is 15.6 Å². The minimum atomic E-state index is -4.58. The molecule has 0 spiro atoms. The smallest absolute Gasteiger partial charge is 0.395 e. The van der Waals surface area contributed by atoms with Gasteiger partial charge >= 0.3 is 6.18 Å². The number of alkyl halides is 3. The molecule has 2 atom stereocenters. The van der Waals surface area contributed by atoms with Gasteiger partial charge < -0.3 is 10.4 Å². The summed E-state index contributed by atoms with van der Waals surface area (Å²) in [6.07, 6.45) is -3.32. The second-order valence-corrected chi connectivity index (χ2v) is 10.5. The van der Waals surface area contributed by atoms with Gasteiger partial charge in [-0.2, -0.15) is 17.5 Å². The molecule has 2 N–H and O–H groups in total. The molecule has 3 rings (SSSR count). The second kappa shape index (κ2) is 9.95. The van der Waals surface area contributed by atoms with Crippen LogP contribution in [0.15, 0.2) is 41.3 Å². The monoisotopic (exact) mass is 530 g/mol. The first-order valence-corrected chi connectivity index (χ1v) is 12.2. The van der Waals surface area contributed by atoms with E-state index in [2.05, 4.69) is 5.32 Å². The largest absolute Gasteiger partial charge is 0.396 e. The van der Waals surface area contributed by atoms with Crippen LogP contribution < -0.4 is 5.32 Å². The molecule has 1 heterocycles. The summed E-state index contributed by atoms with van der Waals surface area (Å²) in [5.41, 5.74) is 0.850. The van der Waals surface area contributed by atoms with Crippen molar-refractivity contribution in [2.45, 2.75) is 30.0 Å². The molecular formula is C20H20Cl3F3N2O3S. The van der Waals surface area contributed by atoms with Crippen molar-refractivity contribution < 1.29 is 26.7 Å². The number of benzene rings is 2. The third-order valence-corrected chi connectivity index (χ3v) is 8.26. The van der Waals surface area contributed by atoms with E-state index in [1.807, 2.05) is 0 Å². The van der Waals surface area contributed by atoms with Crippen molar-refractivity contribution in [3.63, 3.8) is 0 Å². The van der Waals surface area contributed by atoms with Crippen molar-refractivity contribution >= 4 is 50.5 Å². The van der Waals surface area contributed by atoms with Crippen LogP contribution in [-0.2, 0) is 10.0 Å². The van der Waals surface area contributed by atoms with Gasteiger partial charge in [0.2, 0.25) is 10.0 Å². The van der Waals surface area contributed by atoms with Gasteiger partial charge in [-0.3, -0.25) is 0 Å². The molecule has 1 aliphatic heterocycles. The summed E-state index contributed by atoms with van der Waals surface area (Å²) in [7, 11) is -3.93. The molecule has 0 aliphatic carbocycles. The van der Waals surface area contributed by atoms with E-state index >= 15 is 0 Å². The number of sulfonamides is 1. The van der Waals surface area contributed by atoms with Crippen molar-refractivity contribution in [2.75, 3.05) is 25.0 Å². The first kappa shape index (κ1) is 25.4. The van der Waals surface area contributed by atoms with Gasteiger partial charge in [-0.1, -0.05) is 40.9 Å². The third-order valence-electron chi connectivity index (χ3n) is 5.30. The molecular weight excluding hydrogens is 512 g/mol. The van der Waals surface area contributed by atoms with Gasteiger partial charge in [0, 0.05) is 13.1 Å². The van der Waals surface area contributed by atoms with Gasteiger partial charge in [-0.05, 0) is 48.7 Å². The maximum absolute atomic E-state index is 13.3. The van der Waals surface area contributed by atoms with Crippen LogP contribution in [0.2, 0.25) is 15.1 Å². The van der Waals surface area contributed by atoms with Crippen LogP contribution in [0.25, 0.3) is 0 Å². The van der Waals surface area contributed by atoms with Crippen LogP contribution in [0.1, 0.15) is 24.4 Å². The van der Waals surface area contributed by atoms with Gasteiger partial charge in [-0.25, -0.2) is 8.42 Å². The van der Waals surface area contributed by atoms with Crippen molar-refractivity contribution in [1.82, 2.24) is 4.31 Å². The highest BCUT2D eigenvalue weighted by atomic mass is 35.5. The lowest BCUT2D eigenvalue weighted by Gasteiger charge is -2.25. The molecule has 1 aliphatic rings. The van der Waals surface area contributed by atoms with E-state index < -0.39 is 41.3 Å². The van der Waals surface area contributed by atoms with Crippen LogP contribution in [0.3, 0.4) is 0 Å². The number of nitrogens with zero attached hydrogens (tertiary/aromatic N) is 1. The number of hydrogen-bond acceptors (Lipinski definition) is 4. The Hall–Kier alpha value is -1.23. The SMILES string of the molecule is O=S(=O)(c1ccc(NCC(CO)C(F)(F)F)c(Cl)c1)N1CCCC1c1ccc(Cl)c(Cl)c1. The summed E-state index contributed by atoms with van der Waals surface area (Å²) >= 11 is 18.2. The van der Waals surface area contributed by atoms with Gasteiger partial charge in [0.1, 0.15) is 0 Å². The fraction of sp³-hybridized carbons (Fsp3) is 0.400. The van der Waals surface area contributed by atoms with Crippen LogP contribution >= 0.6 is 34.8 Å². The number of aliphatic hydroxyl groups is 1. The van der Waals surface area contributed by atoms with Crippen molar-refractivity contribution in [1.29, 1.82) is 0 Å². The number of hydrogen-bond donors (Lipinski definition) is 2. The highest BCUT2D eigenvalue weighted by molar-refractivity contribution is 7.89. The van der Waals surface area contributed by atoms with Gasteiger partial charge in [0.05, 0.1) is 44.2 Å². The van der Waals surface area contributed by atoms with Crippen LogP contribution in [0.4, 0.5) is 18.9 Å². The lowest BCUT2D eigenvalue weighted by atomic mass is 10.1. The Morgan fingerprint density at radius 3 is 2.41 bits per heavy atom. The Morgan fingerprint density at radius 1 is 1.09 bits per heavy atom. The van der Waals surface area contributed by atoms with Crippen LogP contribution in [-0.4, -0.2) is 43.7 Å². The predicted octanol–water partition coefficient (Wildman–Crippen LogP) is 5.76. The average molecular weight is 532 g/mol. The number of halogens is 6. The van der Waals surface area contributed by atoms with E-state index in [0.29, 0.717) is 35.0 Å². The Bertz CT molecular complexity index is 1080. The summed E-state index contributed by atoms with van der Waals surface area (Å²) < 4.78 is 66.3. The Labute approximate surface area is 199 Å². The highest BCUT2D eigenvalue weighted by Crippen LogP contribution is 2.39. The lowest BCUT2D eigenvalue weighted by Crippen LogP contribution is -2.32. The van der Waals surface area contributed by atoms with Crippen molar-refractivity contribution in [2.24, 2.45) is 5.92 Å². The molecule has 176 valence electrons. The molecule has 1 saturated heterocycles. The molecule has 0 bridgehead atoms. The van der Waals surface area contributed by atoms with Crippen molar-refractivity contribution in [3.05, 3.63) is 57.0 Å². The summed E-state index contributed by atoms with van der Waals surface area (Å²) in [6, 6.07) is 8.35. The number of anilines is 1. The molecule has 0 saturated carbocycles. The zero-order chi connectivity index (χ0) is 23.7. The lowest BCUT2D eigenvalue weighted by molar-refractivity contribution is -0.179. The molecule has 12 heteroatoms. The number of nitrogens with one attached hydrogen (secondary N) is 1. The minimum absolute atomic E-state index is 0.0461. The fourth-order valence-electron chi connectivity index (χ4n) is 3.53. The maximum Gasteiger partial charge on any atom is 0.395 e. The molecule has 0 radical (unpaired) electrons. The molecule has 2 unspecified atom stereocenters. The quantitative estimate of drug-likeness (QED) is 0.477. The standard InChI is InChI=1S/C20H20Cl3F3N2O3S/c21-15-5-3-12(8-16(15)22)19-2-1-7-28(19)32(30,31)14-4-6-18(17(23)9-14)27-10-13(11-29)20(24,25)26/h3-6,8-9,13,19,27,29H,1-2,7,10-11H2. The number of aliphatic hydroxyl groups excluding tert-OH is 1. The van der Waals surface area contributed by atoms with E-state index in [9.17, 15) is 21.6 Å². The first-order chi connectivity index (χ1) is 14.9. The molecule has 1 fully saturated rings. The van der Waals surface area contributed by atoms with Crippen molar-refractivity contribution in [3.8, 4) is 0 Å². The van der Waals surface area contributed by atoms with E-state index in [4.69, 9.17) is 39.9 Å². The first-order valence-electron chi connectivity index (χ1n) is 9.63. The Morgan fingerprint density at radius 2 is 1.81 bits per heavy atom. The topological polar surface area (TPSA) is 69.6 Å². The molecule has 0 amide bonds. The zero-order valence-corrected chi connectivity index (χ0v) is 19.6. The number of rotatable bonds is 7. The summed E-state index contributed by atoms with van der Waals surface area (Å²) in [5.74, 6) is -1.97. The van der Waals surface area contributed by atoms with Gasteiger partial charge in [0.15, 0.2) is 0 Å². The molecule has 5 nitrogen and oxygen atoms in total. The van der Waals surface area contributed by atoms with Gasteiger partial charge in [0.25, 0.3) is 0 Å². The van der Waals surface area contributed by atoms with Crippen LogP contribution in [0, 0.1) is 5.92 Å². The molecule has 2 aromatic carbocycles. The molecule has 32 heavy (non-hydrogen) atoms. The second-order valence-electron chi connectivity index (χ2n) is 7.39. The van der Waals surface area contributed by atoms with E-state index in [1.54, 1.807) is 18.2 Å². The third kappa shape index (κ3) is 5.46. The zero-order valence-electron chi connectivity index (χ0n) is 16.5. The Balaban J connectivity index is 1.82. The summed E-state index contributed by atoms with van der Waals surface area (Å²) in [5, 5.41) is 12.1. The normalized spacial score (nSPS) is 18.7. The summed E-state index contributed by atoms with van der Waals surface area (Å²) in [6.45, 7) is -1.38. The Kier molecular flexibility index (Phi) is 7.89. The summed E-state index contributed by atoms with van der Waals surface area (Å²) in [4.78, 5) is -0.0745.